The number of hydrogen-bond acceptors (Lipinski definition) is 0. The van der Waals surface area contributed by atoms with Gasteiger partial charge >= 0.3 is 113 Å². The molecule has 0 amide bonds. The van der Waals surface area contributed by atoms with Crippen LogP contribution in [-0.2, 0) is 0 Å². The summed E-state index contributed by atoms with van der Waals surface area (Å²) >= 11 is 7.27. The first kappa shape index (κ1) is 11.7. The van der Waals surface area contributed by atoms with Gasteiger partial charge in [-0.05, 0) is 0 Å². The first-order valence-corrected chi connectivity index (χ1v) is 13.3. The van der Waals surface area contributed by atoms with Crippen LogP contribution in [0.25, 0.3) is 0 Å². The SMILES string of the molecule is Clc1ccc(I(I)c2ccccc2)cc1. The summed E-state index contributed by atoms with van der Waals surface area (Å²) in [6.45, 7) is 0. The van der Waals surface area contributed by atoms with Gasteiger partial charge in [0.25, 0.3) is 0 Å². The van der Waals surface area contributed by atoms with E-state index in [1.165, 1.54) is 7.14 Å². The summed E-state index contributed by atoms with van der Waals surface area (Å²) in [5, 5.41) is 0.812. The molecule has 0 saturated heterocycles. The number of benzene rings is 2. The number of hydrogen-bond donors (Lipinski definition) is 0. The quantitative estimate of drug-likeness (QED) is 0.559. The second-order valence-electron chi connectivity index (χ2n) is 2.97. The summed E-state index contributed by atoms with van der Waals surface area (Å²) in [5.41, 5.74) is 0. The normalized spacial score (nSPS) is 11.2. The van der Waals surface area contributed by atoms with E-state index in [4.69, 9.17) is 11.6 Å². The zero-order chi connectivity index (χ0) is 10.7. The summed E-state index contributed by atoms with van der Waals surface area (Å²) < 4.78 is 2.92. The molecule has 0 aliphatic heterocycles. The van der Waals surface area contributed by atoms with Gasteiger partial charge in [-0.1, -0.05) is 0 Å². The van der Waals surface area contributed by atoms with Crippen molar-refractivity contribution in [2.75, 3.05) is 0 Å². The molecule has 0 atom stereocenters. The fourth-order valence-corrected chi connectivity index (χ4v) is 7.72. The van der Waals surface area contributed by atoms with E-state index in [0.717, 1.165) is 5.02 Å². The summed E-state index contributed by atoms with van der Waals surface area (Å²) in [4.78, 5) is 0. The van der Waals surface area contributed by atoms with Gasteiger partial charge in [0.05, 0.1) is 0 Å². The van der Waals surface area contributed by atoms with Gasteiger partial charge in [0.15, 0.2) is 0 Å². The molecule has 0 bridgehead atoms. The number of rotatable bonds is 2. The minimum atomic E-state index is -1.21. The number of halogens is 3. The third-order valence-electron chi connectivity index (χ3n) is 1.92. The van der Waals surface area contributed by atoms with Gasteiger partial charge in [0.2, 0.25) is 0 Å². The van der Waals surface area contributed by atoms with Crippen LogP contribution in [0.5, 0.6) is 0 Å². The van der Waals surface area contributed by atoms with Crippen LogP contribution in [0.3, 0.4) is 0 Å². The van der Waals surface area contributed by atoms with Crippen molar-refractivity contribution in [2.45, 2.75) is 0 Å². The second-order valence-corrected chi connectivity index (χ2v) is 12.7. The monoisotopic (exact) mass is 442 g/mol. The Morgan fingerprint density at radius 1 is 0.800 bits per heavy atom. The molecule has 0 aliphatic rings. The van der Waals surface area contributed by atoms with E-state index in [0.29, 0.717) is 0 Å². The Balaban J connectivity index is 2.29. The molecule has 0 N–H and O–H groups in total. The minimum absolute atomic E-state index is 0.812. The third-order valence-corrected chi connectivity index (χ3v) is 12.1. The van der Waals surface area contributed by atoms with Crippen LogP contribution in [0.2, 0.25) is 5.02 Å². The Morgan fingerprint density at radius 3 is 1.93 bits per heavy atom. The van der Waals surface area contributed by atoms with Crippen molar-refractivity contribution in [2.24, 2.45) is 0 Å². The standard InChI is InChI=1S/C12H9ClI2/c13-10-6-8-12(9-7-10)15(14)11-4-2-1-3-5-11/h1-9H. The maximum absolute atomic E-state index is 5.88. The summed E-state index contributed by atoms with van der Waals surface area (Å²) in [5.74, 6) is 0. The zero-order valence-electron chi connectivity index (χ0n) is 7.83. The zero-order valence-corrected chi connectivity index (χ0v) is 12.9. The van der Waals surface area contributed by atoms with Crippen LogP contribution < -0.4 is 0 Å². The molecular weight excluding hydrogens is 433 g/mol. The van der Waals surface area contributed by atoms with Crippen LogP contribution >= 0.6 is 46.1 Å². The molecule has 0 nitrogen and oxygen atoms in total. The van der Waals surface area contributed by atoms with Gasteiger partial charge in [-0.3, -0.25) is 0 Å². The molecule has 0 fully saturated rings. The van der Waals surface area contributed by atoms with E-state index in [9.17, 15) is 0 Å². The van der Waals surface area contributed by atoms with Crippen molar-refractivity contribution in [1.82, 2.24) is 0 Å². The molecule has 3 heteroatoms. The molecule has 0 aliphatic carbocycles. The van der Waals surface area contributed by atoms with Crippen molar-refractivity contribution in [3.63, 3.8) is 0 Å². The topological polar surface area (TPSA) is 0 Å². The van der Waals surface area contributed by atoms with Gasteiger partial charge < -0.3 is 0 Å². The summed E-state index contributed by atoms with van der Waals surface area (Å²) in [7, 11) is 0. The predicted molar refractivity (Wildman–Crippen MR) is 83.3 cm³/mol. The Kier molecular flexibility index (Phi) is 4.28. The molecule has 2 rings (SSSR count). The molecule has 0 unspecified atom stereocenters. The molecule has 2 aromatic carbocycles. The molecule has 0 radical (unpaired) electrons. The molecule has 2 aromatic rings. The molecule has 0 spiro atoms. The van der Waals surface area contributed by atoms with Gasteiger partial charge in [0.1, 0.15) is 0 Å². The van der Waals surface area contributed by atoms with Crippen LogP contribution in [-0.4, -0.2) is 0 Å². The fraction of sp³-hybridized carbons (Fsp3) is 0. The van der Waals surface area contributed by atoms with Crippen molar-refractivity contribution < 1.29 is 0 Å². The van der Waals surface area contributed by atoms with Crippen LogP contribution in [0.4, 0.5) is 0 Å². The third kappa shape index (κ3) is 3.07. The second kappa shape index (κ2) is 5.50. The van der Waals surface area contributed by atoms with Gasteiger partial charge in [-0.2, -0.15) is 0 Å². The first-order valence-electron chi connectivity index (χ1n) is 4.44. The molecular formula is C12H9ClI2. The van der Waals surface area contributed by atoms with Crippen LogP contribution in [0.15, 0.2) is 54.6 Å². The van der Waals surface area contributed by atoms with Crippen LogP contribution in [0.1, 0.15) is 0 Å². The molecule has 0 heterocycles. The first-order chi connectivity index (χ1) is 7.27. The van der Waals surface area contributed by atoms with Crippen molar-refractivity contribution in [3.8, 4) is 0 Å². The van der Waals surface area contributed by atoms with E-state index < -0.39 is 15.8 Å². The Bertz CT molecular complexity index is 425. The Morgan fingerprint density at radius 2 is 1.33 bits per heavy atom. The summed E-state index contributed by atoms with van der Waals surface area (Å²) in [6, 6.07) is 18.9. The van der Waals surface area contributed by atoms with E-state index in [-0.39, 0.29) is 0 Å². The van der Waals surface area contributed by atoms with E-state index >= 15 is 0 Å². The van der Waals surface area contributed by atoms with Gasteiger partial charge in [-0.15, -0.1) is 0 Å². The fourth-order valence-electron chi connectivity index (χ4n) is 1.19. The van der Waals surface area contributed by atoms with E-state index in [2.05, 4.69) is 61.1 Å². The molecule has 78 valence electrons. The molecule has 0 saturated carbocycles. The van der Waals surface area contributed by atoms with Crippen LogP contribution in [0, 0.1) is 7.14 Å². The average molecular weight is 442 g/mol. The van der Waals surface area contributed by atoms with Gasteiger partial charge in [-0.25, -0.2) is 0 Å². The molecule has 0 aromatic heterocycles. The average Bonchev–Trinajstić information content (AvgIpc) is 2.30. The maximum atomic E-state index is 5.88. The summed E-state index contributed by atoms with van der Waals surface area (Å²) in [6.07, 6.45) is 0. The van der Waals surface area contributed by atoms with E-state index in [1.807, 2.05) is 12.1 Å². The van der Waals surface area contributed by atoms with Crippen molar-refractivity contribution >= 4 is 46.1 Å². The van der Waals surface area contributed by atoms with Crippen molar-refractivity contribution in [3.05, 3.63) is 66.8 Å². The predicted octanol–water partition coefficient (Wildman–Crippen LogP) is 5.24. The molecule has 15 heavy (non-hydrogen) atoms. The van der Waals surface area contributed by atoms with Gasteiger partial charge in [0, 0.05) is 0 Å². The van der Waals surface area contributed by atoms with E-state index in [1.54, 1.807) is 0 Å². The van der Waals surface area contributed by atoms with Crippen molar-refractivity contribution in [1.29, 1.82) is 0 Å². The Labute approximate surface area is 112 Å². The Hall–Kier alpha value is 0.190.